The van der Waals surface area contributed by atoms with Gasteiger partial charge in [0.05, 0.1) is 12.7 Å². The molecule has 1 unspecified atom stereocenters. The largest absolute Gasteiger partial charge is 0.464 e. The first-order valence-corrected chi connectivity index (χ1v) is 9.69. The Morgan fingerprint density at radius 1 is 1.17 bits per heavy atom. The average molecular weight is 393 g/mol. The van der Waals surface area contributed by atoms with E-state index < -0.39 is 11.7 Å². The Kier molecular flexibility index (Phi) is 4.65. The number of carbonyl (C=O) groups is 3. The molecule has 1 atom stereocenters. The van der Waals surface area contributed by atoms with Crippen molar-refractivity contribution in [3.63, 3.8) is 0 Å². The van der Waals surface area contributed by atoms with Gasteiger partial charge in [0.1, 0.15) is 22.8 Å². The van der Waals surface area contributed by atoms with Crippen LogP contribution >= 0.6 is 0 Å². The van der Waals surface area contributed by atoms with Crippen LogP contribution in [0.15, 0.2) is 41.0 Å². The lowest BCUT2D eigenvalue weighted by atomic mass is 9.81. The van der Waals surface area contributed by atoms with Gasteiger partial charge in [-0.25, -0.2) is 4.79 Å². The minimum Gasteiger partial charge on any atom is -0.464 e. The predicted molar refractivity (Wildman–Crippen MR) is 110 cm³/mol. The highest BCUT2D eigenvalue weighted by Gasteiger charge is 2.31. The molecule has 1 N–H and O–H groups in total. The van der Waals surface area contributed by atoms with E-state index in [4.69, 9.17) is 9.15 Å². The van der Waals surface area contributed by atoms with Crippen LogP contribution in [0.3, 0.4) is 0 Å². The predicted octanol–water partition coefficient (Wildman–Crippen LogP) is 5.34. The van der Waals surface area contributed by atoms with Gasteiger partial charge in [0.2, 0.25) is 0 Å². The maximum absolute atomic E-state index is 12.4. The fraction of sp³-hybridized carbons (Fsp3) is 0.348. The van der Waals surface area contributed by atoms with E-state index in [2.05, 4.69) is 5.32 Å². The molecule has 0 aliphatic heterocycles. The Morgan fingerprint density at radius 3 is 2.69 bits per heavy atom. The van der Waals surface area contributed by atoms with Gasteiger partial charge in [-0.15, -0.1) is 0 Å². The SMILES string of the molecule is CC(C)(C)OC(=O)Nc1ccc2c(ccc3occ(C4CCC(=O)CC4=O)c32)c1. The minimum absolute atomic E-state index is 0.00164. The fourth-order valence-corrected chi connectivity index (χ4v) is 3.85. The number of ether oxygens (including phenoxy) is 1. The molecule has 29 heavy (non-hydrogen) atoms. The van der Waals surface area contributed by atoms with Gasteiger partial charge < -0.3 is 9.15 Å². The molecule has 1 aromatic heterocycles. The summed E-state index contributed by atoms with van der Waals surface area (Å²) in [5.41, 5.74) is 1.57. The third-order valence-corrected chi connectivity index (χ3v) is 5.08. The number of hydrogen-bond acceptors (Lipinski definition) is 5. The van der Waals surface area contributed by atoms with Crippen molar-refractivity contribution in [2.45, 2.75) is 51.6 Å². The van der Waals surface area contributed by atoms with Crippen molar-refractivity contribution >= 4 is 45.1 Å². The van der Waals surface area contributed by atoms with Crippen molar-refractivity contribution < 1.29 is 23.5 Å². The normalized spacial score (nSPS) is 17.7. The van der Waals surface area contributed by atoms with E-state index in [9.17, 15) is 14.4 Å². The second-order valence-electron chi connectivity index (χ2n) is 8.47. The lowest BCUT2D eigenvalue weighted by Crippen LogP contribution is -2.27. The zero-order chi connectivity index (χ0) is 20.8. The molecule has 0 saturated heterocycles. The standard InChI is InChI=1S/C23H23NO5/c1-23(2,3)29-22(27)24-14-5-7-16-13(10-14)4-9-20-21(16)18(12-28-20)17-8-6-15(25)11-19(17)26/h4-5,7,9-10,12,17H,6,8,11H2,1-3H3,(H,24,27). The number of anilines is 1. The number of furan rings is 1. The van der Waals surface area contributed by atoms with E-state index in [-0.39, 0.29) is 23.9 Å². The molecule has 6 heteroatoms. The molecule has 150 valence electrons. The zero-order valence-electron chi connectivity index (χ0n) is 16.7. The molecule has 0 bridgehead atoms. The summed E-state index contributed by atoms with van der Waals surface area (Å²) in [5, 5.41) is 5.48. The zero-order valence-corrected chi connectivity index (χ0v) is 16.7. The van der Waals surface area contributed by atoms with E-state index in [0.29, 0.717) is 24.1 Å². The first-order valence-electron chi connectivity index (χ1n) is 9.69. The van der Waals surface area contributed by atoms with Gasteiger partial charge in [-0.2, -0.15) is 0 Å². The quantitative estimate of drug-likeness (QED) is 0.594. The molecule has 1 amide bonds. The molecule has 2 aromatic carbocycles. The highest BCUT2D eigenvalue weighted by atomic mass is 16.6. The summed E-state index contributed by atoms with van der Waals surface area (Å²) in [6.45, 7) is 5.43. The monoisotopic (exact) mass is 393 g/mol. The number of ketones is 2. The first kappa shape index (κ1) is 19.2. The molecule has 1 fully saturated rings. The fourth-order valence-electron chi connectivity index (χ4n) is 3.85. The van der Waals surface area contributed by atoms with Crippen molar-refractivity contribution in [1.82, 2.24) is 0 Å². The number of carbonyl (C=O) groups excluding carboxylic acids is 3. The second-order valence-corrected chi connectivity index (χ2v) is 8.47. The van der Waals surface area contributed by atoms with E-state index in [1.165, 1.54) is 0 Å². The second kappa shape index (κ2) is 7.03. The van der Waals surface area contributed by atoms with Gasteiger partial charge in [0.15, 0.2) is 0 Å². The molecule has 0 spiro atoms. The maximum Gasteiger partial charge on any atom is 0.412 e. The van der Waals surface area contributed by atoms with Gasteiger partial charge in [-0.05, 0) is 56.2 Å². The van der Waals surface area contributed by atoms with Crippen molar-refractivity contribution in [1.29, 1.82) is 0 Å². The Labute approximate surface area is 168 Å². The molecule has 4 rings (SSSR count). The Balaban J connectivity index is 1.71. The van der Waals surface area contributed by atoms with Gasteiger partial charge in [0, 0.05) is 29.0 Å². The molecule has 6 nitrogen and oxygen atoms in total. The van der Waals surface area contributed by atoms with E-state index >= 15 is 0 Å². The number of benzene rings is 2. The van der Waals surface area contributed by atoms with Crippen LogP contribution in [0.2, 0.25) is 0 Å². The maximum atomic E-state index is 12.4. The van der Waals surface area contributed by atoms with E-state index in [1.54, 1.807) is 12.3 Å². The molecule has 1 heterocycles. The van der Waals surface area contributed by atoms with E-state index in [1.807, 2.05) is 45.0 Å². The Hall–Kier alpha value is -3.15. The van der Waals surface area contributed by atoms with Crippen molar-refractivity contribution in [2.24, 2.45) is 0 Å². The number of hydrogen-bond donors (Lipinski definition) is 1. The third kappa shape index (κ3) is 3.88. The highest BCUT2D eigenvalue weighted by Crippen LogP contribution is 2.38. The van der Waals surface area contributed by atoms with Crippen LogP contribution < -0.4 is 5.32 Å². The van der Waals surface area contributed by atoms with Crippen LogP contribution in [0.25, 0.3) is 21.7 Å². The van der Waals surface area contributed by atoms with Crippen molar-refractivity contribution in [3.05, 3.63) is 42.2 Å². The van der Waals surface area contributed by atoms with Gasteiger partial charge in [0.25, 0.3) is 0 Å². The van der Waals surface area contributed by atoms with Crippen LogP contribution in [0.1, 0.15) is 51.5 Å². The minimum atomic E-state index is -0.577. The van der Waals surface area contributed by atoms with Crippen LogP contribution in [0, 0.1) is 0 Å². The summed E-state index contributed by atoms with van der Waals surface area (Å²) in [5.74, 6) is -0.370. The number of Topliss-reactive ketones (excluding diaryl/α,β-unsaturated/α-hetero) is 2. The third-order valence-electron chi connectivity index (χ3n) is 5.08. The Morgan fingerprint density at radius 2 is 1.97 bits per heavy atom. The van der Waals surface area contributed by atoms with Crippen molar-refractivity contribution in [2.75, 3.05) is 5.32 Å². The number of fused-ring (bicyclic) bond motifs is 3. The van der Waals surface area contributed by atoms with Crippen molar-refractivity contribution in [3.8, 4) is 0 Å². The summed E-state index contributed by atoms with van der Waals surface area (Å²) < 4.78 is 11.0. The smallest absolute Gasteiger partial charge is 0.412 e. The van der Waals surface area contributed by atoms with Crippen LogP contribution in [0.5, 0.6) is 0 Å². The average Bonchev–Trinajstić information content (AvgIpc) is 3.04. The highest BCUT2D eigenvalue weighted by molar-refractivity contribution is 6.12. The van der Waals surface area contributed by atoms with Gasteiger partial charge in [-0.3, -0.25) is 14.9 Å². The molecule has 1 saturated carbocycles. The van der Waals surface area contributed by atoms with Crippen LogP contribution in [-0.4, -0.2) is 23.3 Å². The summed E-state index contributed by atoms with van der Waals surface area (Å²) in [7, 11) is 0. The topological polar surface area (TPSA) is 85.6 Å². The molecule has 3 aromatic rings. The summed E-state index contributed by atoms with van der Waals surface area (Å²) >= 11 is 0. The molecular weight excluding hydrogens is 370 g/mol. The van der Waals surface area contributed by atoms with Gasteiger partial charge in [-0.1, -0.05) is 12.1 Å². The molecule has 1 aliphatic carbocycles. The summed E-state index contributed by atoms with van der Waals surface area (Å²) in [6, 6.07) is 9.34. The van der Waals surface area contributed by atoms with Crippen LogP contribution in [-0.2, 0) is 14.3 Å². The Bertz CT molecular complexity index is 1140. The number of amides is 1. The molecule has 0 radical (unpaired) electrons. The summed E-state index contributed by atoms with van der Waals surface area (Å²) in [6.07, 6.45) is 2.04. The lowest BCUT2D eigenvalue weighted by Gasteiger charge is -2.20. The first-order chi connectivity index (χ1) is 13.7. The number of nitrogens with one attached hydrogen (secondary N) is 1. The summed E-state index contributed by atoms with van der Waals surface area (Å²) in [4.78, 5) is 36.1. The molecule has 1 aliphatic rings. The van der Waals surface area contributed by atoms with E-state index in [0.717, 1.165) is 21.7 Å². The molecular formula is C23H23NO5. The van der Waals surface area contributed by atoms with Crippen LogP contribution in [0.4, 0.5) is 10.5 Å². The number of rotatable bonds is 2. The lowest BCUT2D eigenvalue weighted by molar-refractivity contribution is -0.130. The van der Waals surface area contributed by atoms with Gasteiger partial charge >= 0.3 is 6.09 Å².